The first-order valence-corrected chi connectivity index (χ1v) is 15.2. The summed E-state index contributed by atoms with van der Waals surface area (Å²) in [4.78, 5) is 6.18. The van der Waals surface area contributed by atoms with Gasteiger partial charge in [-0.2, -0.15) is 0 Å². The molecule has 0 fully saturated rings. The first-order chi connectivity index (χ1) is 19.4. The molecule has 3 aromatic rings. The Morgan fingerprint density at radius 3 is 2.13 bits per heavy atom. The van der Waals surface area contributed by atoms with Gasteiger partial charge in [0, 0.05) is 31.8 Å². The molecule has 0 aromatic heterocycles. The van der Waals surface area contributed by atoms with Crippen molar-refractivity contribution in [1.82, 2.24) is 4.90 Å². The van der Waals surface area contributed by atoms with E-state index in [1.807, 2.05) is 12.1 Å². The van der Waals surface area contributed by atoms with E-state index in [0.29, 0.717) is 43.3 Å². The molecule has 0 heterocycles. The number of hydrogen-bond acceptors (Lipinski definition) is 8. The van der Waals surface area contributed by atoms with Gasteiger partial charge in [-0.15, -0.1) is 4.99 Å². The number of nitrogens with one attached hydrogen (secondary N) is 1. The maximum atomic E-state index is 9.70. The minimum Gasteiger partial charge on any atom is -0.494 e. The van der Waals surface area contributed by atoms with Gasteiger partial charge in [-0.3, -0.25) is 4.90 Å². The highest BCUT2D eigenvalue weighted by atomic mass is 28.4. The Morgan fingerprint density at radius 2 is 1.56 bits per heavy atom. The molecular weight excluding hydrogens is 512 g/mol. The number of nitrogens with zero attached hydrogens (tertiary/aromatic N) is 1. The van der Waals surface area contributed by atoms with Crippen molar-refractivity contribution in [2.24, 2.45) is 0 Å². The van der Waals surface area contributed by atoms with Crippen LogP contribution >= 0.6 is 0 Å². The van der Waals surface area contributed by atoms with Gasteiger partial charge >= 0.3 is 0 Å². The highest BCUT2D eigenvalue weighted by Crippen LogP contribution is 2.36. The first-order valence-electron chi connectivity index (χ1n) is 13.7. The fourth-order valence-electron chi connectivity index (χ4n) is 4.97. The van der Waals surface area contributed by atoms with Crippen molar-refractivity contribution in [2.75, 3.05) is 44.9 Å². The zero-order valence-corrected chi connectivity index (χ0v) is 24.1. The molecule has 0 radical (unpaired) electrons. The molecule has 0 bridgehead atoms. The number of anilines is 1. The van der Waals surface area contributed by atoms with Crippen LogP contribution in [0.4, 0.5) is 5.69 Å². The van der Waals surface area contributed by atoms with Gasteiger partial charge in [0.1, 0.15) is 5.75 Å². The summed E-state index contributed by atoms with van der Waals surface area (Å²) >= 11 is 0. The Morgan fingerprint density at radius 1 is 0.897 bits per heavy atom. The summed E-state index contributed by atoms with van der Waals surface area (Å²) in [5, 5.41) is 25.2. The Bertz CT molecular complexity index is 1090. The molecule has 0 aliphatic carbocycles. The molecule has 0 unspecified atom stereocenters. The van der Waals surface area contributed by atoms with Crippen LogP contribution in [0.2, 0.25) is 5.04 Å². The van der Waals surface area contributed by atoms with Crippen molar-refractivity contribution < 1.29 is 29.6 Å². The molecule has 39 heavy (non-hydrogen) atoms. The molecule has 0 amide bonds. The van der Waals surface area contributed by atoms with E-state index in [0.717, 1.165) is 13.0 Å². The number of aliphatic hydroxyl groups is 2. The Kier molecular flexibility index (Phi) is 11.3. The summed E-state index contributed by atoms with van der Waals surface area (Å²) in [5.41, 5.74) is 3.44. The van der Waals surface area contributed by atoms with Crippen molar-refractivity contribution in [3.05, 3.63) is 84.4 Å². The lowest BCUT2D eigenvalue weighted by Gasteiger charge is -2.43. The van der Waals surface area contributed by atoms with Gasteiger partial charge in [0.2, 0.25) is 1.43 Å². The Labute approximate surface area is 234 Å². The summed E-state index contributed by atoms with van der Waals surface area (Å²) in [6.07, 6.45) is 0.753. The minimum atomic E-state index is -2.61. The van der Waals surface area contributed by atoms with Gasteiger partial charge in [-0.1, -0.05) is 81.4 Å². The summed E-state index contributed by atoms with van der Waals surface area (Å²) in [6, 6.07) is 26.3. The number of aliphatic hydroxyl groups excluding tert-OH is 2. The molecule has 3 rings (SSSR count). The Hall–Kier alpha value is -2.76. The fraction of sp³-hybridized carbons (Fsp3) is 0.400. The molecule has 0 aliphatic rings. The van der Waals surface area contributed by atoms with E-state index in [4.69, 9.17) is 15.9 Å². The van der Waals surface area contributed by atoms with Crippen LogP contribution in [0.25, 0.3) is 0 Å². The highest BCUT2D eigenvalue weighted by Gasteiger charge is 2.50. The van der Waals surface area contributed by atoms with Crippen LogP contribution in [0.15, 0.2) is 78.9 Å². The van der Waals surface area contributed by atoms with Crippen molar-refractivity contribution in [1.29, 1.82) is 1.43 Å². The molecule has 0 saturated heterocycles. The third kappa shape index (κ3) is 8.12. The minimum absolute atomic E-state index is 0.0124. The highest BCUT2D eigenvalue weighted by molar-refractivity contribution is 6.99. The zero-order valence-electron chi connectivity index (χ0n) is 24.1. The van der Waals surface area contributed by atoms with Crippen molar-refractivity contribution in [2.45, 2.75) is 38.8 Å². The van der Waals surface area contributed by atoms with E-state index in [9.17, 15) is 5.11 Å². The van der Waals surface area contributed by atoms with Crippen molar-refractivity contribution in [3.63, 3.8) is 0 Å². The predicted molar refractivity (Wildman–Crippen MR) is 157 cm³/mol. The van der Waals surface area contributed by atoms with E-state index in [1.165, 1.54) is 10.4 Å². The average Bonchev–Trinajstić information content (AvgIpc) is 2.95. The topological polar surface area (TPSA) is 104 Å². The molecule has 0 spiro atoms. The zero-order chi connectivity index (χ0) is 28.8. The van der Waals surface area contributed by atoms with Gasteiger partial charge in [0.25, 0.3) is 8.32 Å². The normalized spacial score (nSPS) is 12.4. The summed E-state index contributed by atoms with van der Waals surface area (Å²) in [6.45, 7) is 9.89. The monoisotopic (exact) mass is 555 g/mol. The van der Waals surface area contributed by atoms with Crippen LogP contribution in [-0.2, 0) is 16.0 Å². The Balaban J connectivity index is 1.63. The van der Waals surface area contributed by atoms with Gasteiger partial charge in [-0.05, 0) is 40.0 Å². The lowest BCUT2D eigenvalue weighted by Crippen LogP contribution is -2.67. The van der Waals surface area contributed by atoms with Gasteiger partial charge < -0.3 is 19.4 Å². The largest absolute Gasteiger partial charge is 0.494 e. The fourth-order valence-corrected chi connectivity index (χ4v) is 9.53. The second kappa shape index (κ2) is 15.1. The molecule has 212 valence electrons. The van der Waals surface area contributed by atoms with Crippen LogP contribution in [0.1, 0.15) is 32.8 Å². The van der Waals surface area contributed by atoms with E-state index in [-0.39, 0.29) is 18.3 Å². The van der Waals surface area contributed by atoms with Gasteiger partial charge in [0.15, 0.2) is 0 Å². The lowest BCUT2D eigenvalue weighted by atomic mass is 10.2. The smallest absolute Gasteiger partial charge is 0.261 e. The van der Waals surface area contributed by atoms with Crippen LogP contribution in [0.3, 0.4) is 0 Å². The maximum Gasteiger partial charge on any atom is 0.261 e. The molecule has 3 aromatic carbocycles. The lowest BCUT2D eigenvalue weighted by molar-refractivity contribution is -0.215. The molecule has 0 aliphatic heterocycles. The molecule has 8 nitrogen and oxygen atoms in total. The number of ether oxygens (including phenoxy) is 1. The second-order valence-electron chi connectivity index (χ2n) is 10.4. The number of hydrogen-bond donors (Lipinski definition) is 4. The SMILES string of the molecule is [2H]OCc1cc(OCCCN(CCO)CCO[Si](c2ccccc2)(c2ccccc2)C(C)(C)C)ccc1NOO. The van der Waals surface area contributed by atoms with Crippen molar-refractivity contribution >= 4 is 24.4 Å². The van der Waals surface area contributed by atoms with E-state index in [2.05, 4.69) is 89.8 Å². The quantitative estimate of drug-likeness (QED) is 0.0867. The summed E-state index contributed by atoms with van der Waals surface area (Å²) < 4.78 is 19.9. The standard InChI is InChI=1S/C30H42N2O6Si/c1-30(2,3)39(27-11-6-4-7-12-27,28-13-8-5-9-14-28)37-22-19-32(18-20-33)17-10-21-36-26-15-16-29(31-38-35)25(23-26)24-34/h4-9,11-16,23,31,33-35H,10,17-22,24H2,1-3H3/i34D. The summed E-state index contributed by atoms with van der Waals surface area (Å²) in [5.74, 6) is 0.624. The first kappa shape index (κ1) is 29.2. The van der Waals surface area contributed by atoms with Crippen molar-refractivity contribution in [3.8, 4) is 5.75 Å². The maximum absolute atomic E-state index is 9.70. The molecule has 9 heteroatoms. The molecule has 4 N–H and O–H groups in total. The summed E-state index contributed by atoms with van der Waals surface area (Å²) in [7, 11) is -2.61. The molecule has 0 atom stereocenters. The van der Waals surface area contributed by atoms with Crippen LogP contribution < -0.4 is 20.6 Å². The predicted octanol–water partition coefficient (Wildman–Crippen LogP) is 3.64. The number of benzene rings is 3. The van der Waals surface area contributed by atoms with E-state index in [1.54, 1.807) is 18.2 Å². The van der Waals surface area contributed by atoms with Crippen LogP contribution in [0, 0.1) is 0 Å². The van der Waals surface area contributed by atoms with Crippen LogP contribution in [-0.4, -0.2) is 69.6 Å². The van der Waals surface area contributed by atoms with Gasteiger partial charge in [0.05, 0.1) is 25.5 Å². The second-order valence-corrected chi connectivity index (χ2v) is 14.7. The van der Waals surface area contributed by atoms with Crippen LogP contribution in [0.5, 0.6) is 5.75 Å². The third-order valence-electron chi connectivity index (χ3n) is 6.83. The van der Waals surface area contributed by atoms with E-state index < -0.39 is 8.32 Å². The third-order valence-corrected chi connectivity index (χ3v) is 11.9. The average molecular weight is 556 g/mol. The molecule has 0 saturated carbocycles. The van der Waals surface area contributed by atoms with E-state index >= 15 is 0 Å². The molecular formula is C30H42N2O6Si. The number of rotatable bonds is 17. The van der Waals surface area contributed by atoms with Gasteiger partial charge in [-0.25, -0.2) is 10.7 Å².